The zero-order valence-corrected chi connectivity index (χ0v) is 15.5. The lowest BCUT2D eigenvalue weighted by Crippen LogP contribution is -2.16. The van der Waals surface area contributed by atoms with Crippen LogP contribution >= 0.6 is 0 Å². The van der Waals surface area contributed by atoms with Gasteiger partial charge >= 0.3 is 0 Å². The van der Waals surface area contributed by atoms with Gasteiger partial charge in [-0.05, 0) is 56.5 Å². The molecule has 0 atom stereocenters. The van der Waals surface area contributed by atoms with E-state index < -0.39 is 0 Å². The fourth-order valence-electron chi connectivity index (χ4n) is 3.69. The van der Waals surface area contributed by atoms with E-state index in [-0.39, 0.29) is 11.7 Å². The molecule has 5 heteroatoms. The summed E-state index contributed by atoms with van der Waals surface area (Å²) in [6, 6.07) is 15.3. The standard InChI is InChI=1S/C22H21N3O2/c1-14-21(15(2)25(24-14)18-8-4-3-5-9-18)22(27)23-17-12-11-16-7-6-10-20(26)19(16)13-17/h3-5,8-9,11-13H,6-7,10H2,1-2H3,(H,23,27). The van der Waals surface area contributed by atoms with Gasteiger partial charge in [0, 0.05) is 17.7 Å². The molecule has 5 nitrogen and oxygen atoms in total. The van der Waals surface area contributed by atoms with Gasteiger partial charge in [0.05, 0.1) is 22.6 Å². The minimum atomic E-state index is -0.213. The summed E-state index contributed by atoms with van der Waals surface area (Å²) < 4.78 is 1.78. The highest BCUT2D eigenvalue weighted by Crippen LogP contribution is 2.25. The molecule has 4 rings (SSSR count). The molecule has 0 aliphatic heterocycles. The van der Waals surface area contributed by atoms with Crippen LogP contribution in [0.3, 0.4) is 0 Å². The summed E-state index contributed by atoms with van der Waals surface area (Å²) >= 11 is 0. The number of nitrogens with zero attached hydrogens (tertiary/aromatic N) is 2. The second-order valence-corrected chi connectivity index (χ2v) is 6.90. The molecule has 0 radical (unpaired) electrons. The Kier molecular flexibility index (Phi) is 4.36. The van der Waals surface area contributed by atoms with E-state index in [0.29, 0.717) is 23.4 Å². The second-order valence-electron chi connectivity index (χ2n) is 6.90. The van der Waals surface area contributed by atoms with Crippen LogP contribution in [-0.4, -0.2) is 21.5 Å². The maximum Gasteiger partial charge on any atom is 0.259 e. The highest BCUT2D eigenvalue weighted by atomic mass is 16.1. The fourth-order valence-corrected chi connectivity index (χ4v) is 3.69. The first kappa shape index (κ1) is 17.2. The molecular formula is C22H21N3O2. The topological polar surface area (TPSA) is 64.0 Å². The van der Waals surface area contributed by atoms with Crippen molar-refractivity contribution in [1.29, 1.82) is 0 Å². The van der Waals surface area contributed by atoms with Crippen LogP contribution < -0.4 is 5.32 Å². The third-order valence-corrected chi connectivity index (χ3v) is 5.04. The molecule has 1 N–H and O–H groups in total. The van der Waals surface area contributed by atoms with Crippen LogP contribution in [-0.2, 0) is 6.42 Å². The molecule has 1 aliphatic carbocycles. The Balaban J connectivity index is 1.64. The van der Waals surface area contributed by atoms with E-state index in [1.54, 1.807) is 10.7 Å². The minimum Gasteiger partial charge on any atom is -0.322 e. The number of para-hydroxylation sites is 1. The van der Waals surface area contributed by atoms with E-state index in [1.165, 1.54) is 0 Å². The van der Waals surface area contributed by atoms with Gasteiger partial charge in [-0.15, -0.1) is 0 Å². The zero-order valence-electron chi connectivity index (χ0n) is 15.5. The van der Waals surface area contributed by atoms with E-state index in [0.717, 1.165) is 35.3 Å². The predicted octanol–water partition coefficient (Wildman–Crippen LogP) is 4.26. The quantitative estimate of drug-likeness (QED) is 0.760. The SMILES string of the molecule is Cc1nn(-c2ccccc2)c(C)c1C(=O)Nc1ccc2c(c1)C(=O)CCC2. The monoisotopic (exact) mass is 359 g/mol. The summed E-state index contributed by atoms with van der Waals surface area (Å²) in [7, 11) is 0. The molecule has 1 heterocycles. The third-order valence-electron chi connectivity index (χ3n) is 5.04. The van der Waals surface area contributed by atoms with Crippen molar-refractivity contribution in [2.45, 2.75) is 33.1 Å². The molecule has 1 aliphatic rings. The summed E-state index contributed by atoms with van der Waals surface area (Å²) in [5.41, 5.74) is 5.36. The molecule has 0 saturated carbocycles. The Morgan fingerprint density at radius 1 is 1.07 bits per heavy atom. The Hall–Kier alpha value is -3.21. The number of amides is 1. The van der Waals surface area contributed by atoms with Crippen LogP contribution in [0.15, 0.2) is 48.5 Å². The number of nitrogens with one attached hydrogen (secondary N) is 1. The van der Waals surface area contributed by atoms with E-state index in [4.69, 9.17) is 0 Å². The summed E-state index contributed by atoms with van der Waals surface area (Å²) in [6.07, 6.45) is 2.39. The average Bonchev–Trinajstić information content (AvgIpc) is 2.97. The molecule has 3 aromatic rings. The lowest BCUT2D eigenvalue weighted by molar-refractivity contribution is 0.0970. The smallest absolute Gasteiger partial charge is 0.259 e. The predicted molar refractivity (Wildman–Crippen MR) is 105 cm³/mol. The summed E-state index contributed by atoms with van der Waals surface area (Å²) in [6.45, 7) is 3.72. The summed E-state index contributed by atoms with van der Waals surface area (Å²) in [5.74, 6) is -0.0630. The first-order chi connectivity index (χ1) is 13.0. The van der Waals surface area contributed by atoms with Crippen LogP contribution in [0.25, 0.3) is 5.69 Å². The van der Waals surface area contributed by atoms with Gasteiger partial charge < -0.3 is 5.32 Å². The van der Waals surface area contributed by atoms with Gasteiger partial charge in [-0.3, -0.25) is 9.59 Å². The van der Waals surface area contributed by atoms with Crippen molar-refractivity contribution in [3.05, 3.63) is 76.6 Å². The number of carbonyl (C=O) groups excluding carboxylic acids is 2. The first-order valence-electron chi connectivity index (χ1n) is 9.13. The molecule has 1 amide bonds. The number of ketones is 1. The van der Waals surface area contributed by atoms with Crippen LogP contribution in [0.5, 0.6) is 0 Å². The van der Waals surface area contributed by atoms with Gasteiger partial charge in [-0.2, -0.15) is 5.10 Å². The Morgan fingerprint density at radius 3 is 2.63 bits per heavy atom. The molecule has 0 bridgehead atoms. The largest absolute Gasteiger partial charge is 0.322 e. The van der Waals surface area contributed by atoms with Crippen molar-refractivity contribution in [3.63, 3.8) is 0 Å². The van der Waals surface area contributed by atoms with E-state index in [1.807, 2.05) is 56.3 Å². The van der Waals surface area contributed by atoms with Crippen molar-refractivity contribution in [3.8, 4) is 5.69 Å². The number of Topliss-reactive ketones (excluding diaryl/α,β-unsaturated/α-hetero) is 1. The van der Waals surface area contributed by atoms with Crippen molar-refractivity contribution in [2.24, 2.45) is 0 Å². The maximum absolute atomic E-state index is 12.9. The van der Waals surface area contributed by atoms with Crippen molar-refractivity contribution >= 4 is 17.4 Å². The number of aryl methyl sites for hydroxylation is 2. The molecule has 27 heavy (non-hydrogen) atoms. The van der Waals surface area contributed by atoms with Gasteiger partial charge in [0.25, 0.3) is 5.91 Å². The number of fused-ring (bicyclic) bond motifs is 1. The van der Waals surface area contributed by atoms with E-state index in [9.17, 15) is 9.59 Å². The maximum atomic E-state index is 12.9. The average molecular weight is 359 g/mol. The zero-order chi connectivity index (χ0) is 19.0. The summed E-state index contributed by atoms with van der Waals surface area (Å²) in [4.78, 5) is 25.0. The molecule has 1 aromatic heterocycles. The number of benzene rings is 2. The Labute approximate surface area is 158 Å². The summed E-state index contributed by atoms with van der Waals surface area (Å²) in [5, 5.41) is 7.46. The van der Waals surface area contributed by atoms with Crippen molar-refractivity contribution < 1.29 is 9.59 Å². The Bertz CT molecular complexity index is 1040. The minimum absolute atomic E-state index is 0.150. The van der Waals surface area contributed by atoms with Crippen LogP contribution in [0.4, 0.5) is 5.69 Å². The molecule has 0 saturated heterocycles. The third kappa shape index (κ3) is 3.16. The fraction of sp³-hybridized carbons (Fsp3) is 0.227. The Morgan fingerprint density at radius 2 is 1.85 bits per heavy atom. The molecule has 0 unspecified atom stereocenters. The number of aromatic nitrogens is 2. The number of hydrogen-bond donors (Lipinski definition) is 1. The van der Waals surface area contributed by atoms with Gasteiger partial charge in [0.15, 0.2) is 5.78 Å². The van der Waals surface area contributed by atoms with Gasteiger partial charge in [-0.1, -0.05) is 24.3 Å². The molecular weight excluding hydrogens is 338 g/mol. The second kappa shape index (κ2) is 6.83. The van der Waals surface area contributed by atoms with E-state index >= 15 is 0 Å². The molecule has 0 fully saturated rings. The van der Waals surface area contributed by atoms with Gasteiger partial charge in [0.1, 0.15) is 0 Å². The highest BCUT2D eigenvalue weighted by molar-refractivity contribution is 6.07. The normalized spacial score (nSPS) is 13.3. The van der Waals surface area contributed by atoms with E-state index in [2.05, 4.69) is 10.4 Å². The molecule has 136 valence electrons. The number of carbonyl (C=O) groups is 2. The van der Waals surface area contributed by atoms with Crippen LogP contribution in [0, 0.1) is 13.8 Å². The number of hydrogen-bond acceptors (Lipinski definition) is 3. The lowest BCUT2D eigenvalue weighted by Gasteiger charge is -2.16. The number of rotatable bonds is 3. The highest BCUT2D eigenvalue weighted by Gasteiger charge is 2.21. The van der Waals surface area contributed by atoms with Crippen LogP contribution in [0.2, 0.25) is 0 Å². The molecule has 0 spiro atoms. The number of anilines is 1. The van der Waals surface area contributed by atoms with Gasteiger partial charge in [-0.25, -0.2) is 4.68 Å². The van der Waals surface area contributed by atoms with Crippen LogP contribution in [0.1, 0.15) is 50.5 Å². The van der Waals surface area contributed by atoms with Crippen molar-refractivity contribution in [2.75, 3.05) is 5.32 Å². The van der Waals surface area contributed by atoms with Gasteiger partial charge in [0.2, 0.25) is 0 Å². The first-order valence-corrected chi connectivity index (χ1v) is 9.13. The molecule has 2 aromatic carbocycles. The van der Waals surface area contributed by atoms with Crippen molar-refractivity contribution in [1.82, 2.24) is 9.78 Å². The lowest BCUT2D eigenvalue weighted by atomic mass is 9.90.